The summed E-state index contributed by atoms with van der Waals surface area (Å²) in [5, 5.41) is 8.63. The van der Waals surface area contributed by atoms with E-state index in [0.717, 1.165) is 0 Å². The Labute approximate surface area is 83.0 Å². The molecular weight excluding hydrogens is 246 g/mol. The van der Waals surface area contributed by atoms with Gasteiger partial charge in [-0.3, -0.25) is 0 Å². The van der Waals surface area contributed by atoms with Crippen LogP contribution in [0.2, 0.25) is 0 Å². The van der Waals surface area contributed by atoms with Crippen molar-refractivity contribution in [3.63, 3.8) is 0 Å². The molecule has 0 heterocycles. The molecular formula is C6H10BrNO3S. The predicted molar refractivity (Wildman–Crippen MR) is 51.7 cm³/mol. The van der Waals surface area contributed by atoms with Crippen molar-refractivity contribution < 1.29 is 14.7 Å². The third-order valence-electron chi connectivity index (χ3n) is 1.40. The summed E-state index contributed by atoms with van der Waals surface area (Å²) < 4.78 is 0. The fourth-order valence-corrected chi connectivity index (χ4v) is 2.21. The van der Waals surface area contributed by atoms with Crippen LogP contribution in [-0.4, -0.2) is 39.7 Å². The third-order valence-corrected chi connectivity index (χ3v) is 3.57. The number of hydrogen-bond acceptors (Lipinski definition) is 4. The van der Waals surface area contributed by atoms with Gasteiger partial charge in [0.25, 0.3) is 0 Å². The van der Waals surface area contributed by atoms with Crippen molar-refractivity contribution in [2.75, 3.05) is 12.0 Å². The molecule has 0 saturated carbocycles. The standard InChI is InChI=1S/C6H10BrNO3S/c1-12-2-4(7)6(8,3-9)5(10)11/h3-4H,2,8H2,1H3,(H,10,11). The summed E-state index contributed by atoms with van der Waals surface area (Å²) in [6.07, 6.45) is 2.06. The molecule has 0 aromatic rings. The van der Waals surface area contributed by atoms with Crippen molar-refractivity contribution in [3.8, 4) is 0 Å². The van der Waals surface area contributed by atoms with Crippen LogP contribution in [0.5, 0.6) is 0 Å². The lowest BCUT2D eigenvalue weighted by molar-refractivity contribution is -0.144. The quantitative estimate of drug-likeness (QED) is 0.414. The summed E-state index contributed by atoms with van der Waals surface area (Å²) >= 11 is 4.48. The maximum absolute atomic E-state index is 10.6. The average molecular weight is 256 g/mol. The highest BCUT2D eigenvalue weighted by atomic mass is 79.9. The Hall–Kier alpha value is -0.0700. The lowest BCUT2D eigenvalue weighted by Gasteiger charge is -2.22. The first-order chi connectivity index (χ1) is 5.49. The van der Waals surface area contributed by atoms with Gasteiger partial charge in [0.05, 0.1) is 4.83 Å². The van der Waals surface area contributed by atoms with Gasteiger partial charge in [-0.15, -0.1) is 0 Å². The minimum Gasteiger partial charge on any atom is -0.480 e. The van der Waals surface area contributed by atoms with Gasteiger partial charge in [0.15, 0.2) is 11.8 Å². The maximum Gasteiger partial charge on any atom is 0.332 e. The molecule has 0 aliphatic carbocycles. The van der Waals surface area contributed by atoms with Crippen molar-refractivity contribution in [3.05, 3.63) is 0 Å². The average Bonchev–Trinajstić information content (AvgIpc) is 2.03. The fraction of sp³-hybridized carbons (Fsp3) is 0.667. The molecule has 2 unspecified atom stereocenters. The number of carboxylic acids is 1. The van der Waals surface area contributed by atoms with E-state index in [1.807, 2.05) is 0 Å². The van der Waals surface area contributed by atoms with Gasteiger partial charge in [-0.05, 0) is 6.26 Å². The summed E-state index contributed by atoms with van der Waals surface area (Å²) in [6, 6.07) is 0. The van der Waals surface area contributed by atoms with Crippen molar-refractivity contribution in [2.24, 2.45) is 5.73 Å². The van der Waals surface area contributed by atoms with E-state index in [-0.39, 0.29) is 6.29 Å². The summed E-state index contributed by atoms with van der Waals surface area (Å²) in [5.74, 6) is -0.838. The predicted octanol–water partition coefficient (Wildman–Crippen LogP) is 0.0939. The molecule has 2 atom stereocenters. The van der Waals surface area contributed by atoms with Crippen molar-refractivity contribution in [2.45, 2.75) is 10.4 Å². The number of aliphatic carboxylic acids is 1. The first kappa shape index (κ1) is 11.9. The zero-order valence-electron chi connectivity index (χ0n) is 6.49. The minimum absolute atomic E-state index is 0.255. The van der Waals surface area contributed by atoms with Crippen LogP contribution in [-0.2, 0) is 9.59 Å². The largest absolute Gasteiger partial charge is 0.480 e. The maximum atomic E-state index is 10.6. The Bertz CT molecular complexity index is 190. The van der Waals surface area contributed by atoms with Gasteiger partial charge in [0, 0.05) is 5.75 Å². The van der Waals surface area contributed by atoms with E-state index in [9.17, 15) is 9.59 Å². The summed E-state index contributed by atoms with van der Waals surface area (Å²) in [5.41, 5.74) is 3.53. The van der Waals surface area contributed by atoms with E-state index >= 15 is 0 Å². The van der Waals surface area contributed by atoms with Gasteiger partial charge in [0.1, 0.15) is 0 Å². The highest BCUT2D eigenvalue weighted by Crippen LogP contribution is 2.18. The number of carbonyl (C=O) groups is 2. The molecule has 0 saturated heterocycles. The molecule has 0 aromatic heterocycles. The Morgan fingerprint density at radius 2 is 2.42 bits per heavy atom. The molecule has 0 spiro atoms. The van der Waals surface area contributed by atoms with E-state index in [2.05, 4.69) is 15.9 Å². The van der Waals surface area contributed by atoms with Crippen LogP contribution >= 0.6 is 27.7 Å². The Balaban J connectivity index is 4.50. The lowest BCUT2D eigenvalue weighted by Crippen LogP contribution is -2.57. The normalized spacial score (nSPS) is 17.9. The van der Waals surface area contributed by atoms with E-state index < -0.39 is 16.3 Å². The second kappa shape index (κ2) is 4.84. The molecule has 0 radical (unpaired) electrons. The van der Waals surface area contributed by atoms with Gasteiger partial charge in [-0.25, -0.2) is 4.79 Å². The zero-order chi connectivity index (χ0) is 9.78. The molecule has 0 aromatic carbocycles. The third kappa shape index (κ3) is 2.46. The topological polar surface area (TPSA) is 80.4 Å². The van der Waals surface area contributed by atoms with Crippen LogP contribution in [0.4, 0.5) is 0 Å². The SMILES string of the molecule is CSCC(Br)C(N)(C=O)C(=O)O. The number of aldehydes is 1. The van der Waals surface area contributed by atoms with Crippen LogP contribution < -0.4 is 5.73 Å². The number of carboxylic acid groups (broad SMARTS) is 1. The number of halogens is 1. The van der Waals surface area contributed by atoms with Crippen LogP contribution in [0.25, 0.3) is 0 Å². The number of hydrogen-bond donors (Lipinski definition) is 2. The monoisotopic (exact) mass is 255 g/mol. The Morgan fingerprint density at radius 1 is 1.92 bits per heavy atom. The molecule has 0 aliphatic rings. The molecule has 0 amide bonds. The van der Waals surface area contributed by atoms with Crippen LogP contribution in [0.3, 0.4) is 0 Å². The number of nitrogens with two attached hydrogens (primary N) is 1. The highest BCUT2D eigenvalue weighted by Gasteiger charge is 2.40. The van der Waals surface area contributed by atoms with Crippen molar-refractivity contribution in [1.29, 1.82) is 0 Å². The number of carbonyl (C=O) groups excluding carboxylic acids is 1. The van der Waals surface area contributed by atoms with Gasteiger partial charge in [-0.2, -0.15) is 11.8 Å². The first-order valence-corrected chi connectivity index (χ1v) is 5.41. The van der Waals surface area contributed by atoms with E-state index in [1.165, 1.54) is 11.8 Å². The van der Waals surface area contributed by atoms with E-state index in [0.29, 0.717) is 5.75 Å². The molecule has 12 heavy (non-hydrogen) atoms. The summed E-state index contributed by atoms with van der Waals surface area (Å²) in [6.45, 7) is 0. The van der Waals surface area contributed by atoms with Crippen molar-refractivity contribution >= 4 is 39.9 Å². The van der Waals surface area contributed by atoms with Crippen molar-refractivity contribution in [1.82, 2.24) is 0 Å². The van der Waals surface area contributed by atoms with Gasteiger partial charge in [0.2, 0.25) is 0 Å². The second-order valence-corrected chi connectivity index (χ2v) is 4.29. The first-order valence-electron chi connectivity index (χ1n) is 3.10. The van der Waals surface area contributed by atoms with Crippen LogP contribution in [0.1, 0.15) is 0 Å². The molecule has 0 fully saturated rings. The molecule has 0 aliphatic heterocycles. The number of thioether (sulfide) groups is 1. The van der Waals surface area contributed by atoms with E-state index in [1.54, 1.807) is 6.26 Å². The Morgan fingerprint density at radius 3 is 2.67 bits per heavy atom. The number of alkyl halides is 1. The molecule has 0 rings (SSSR count). The van der Waals surface area contributed by atoms with Crippen LogP contribution in [0.15, 0.2) is 0 Å². The minimum atomic E-state index is -1.82. The van der Waals surface area contributed by atoms with Gasteiger partial charge < -0.3 is 15.6 Å². The van der Waals surface area contributed by atoms with Crippen LogP contribution in [0, 0.1) is 0 Å². The molecule has 6 heteroatoms. The molecule has 70 valence electrons. The molecule has 0 bridgehead atoms. The highest BCUT2D eigenvalue weighted by molar-refractivity contribution is 9.09. The van der Waals surface area contributed by atoms with E-state index in [4.69, 9.17) is 10.8 Å². The fourth-order valence-electron chi connectivity index (χ4n) is 0.542. The molecule has 4 nitrogen and oxygen atoms in total. The Kier molecular flexibility index (Phi) is 4.81. The van der Waals surface area contributed by atoms with Gasteiger partial charge >= 0.3 is 5.97 Å². The number of rotatable bonds is 5. The summed E-state index contributed by atoms with van der Waals surface area (Å²) in [4.78, 5) is 20.5. The second-order valence-electron chi connectivity index (χ2n) is 2.28. The zero-order valence-corrected chi connectivity index (χ0v) is 8.89. The van der Waals surface area contributed by atoms with Gasteiger partial charge in [-0.1, -0.05) is 15.9 Å². The molecule has 3 N–H and O–H groups in total. The summed E-state index contributed by atoms with van der Waals surface area (Å²) in [7, 11) is 0. The smallest absolute Gasteiger partial charge is 0.332 e. The lowest BCUT2D eigenvalue weighted by atomic mass is 10.0.